The van der Waals surface area contributed by atoms with Crippen LogP contribution in [0.3, 0.4) is 0 Å². The molecule has 0 aliphatic heterocycles. The first-order chi connectivity index (χ1) is 9.13. The minimum Gasteiger partial charge on any atom is -0.507 e. The third kappa shape index (κ3) is 1.57. The van der Waals surface area contributed by atoms with E-state index in [1.54, 1.807) is 24.3 Å². The van der Waals surface area contributed by atoms with Crippen molar-refractivity contribution in [3.05, 3.63) is 64.2 Å². The van der Waals surface area contributed by atoms with E-state index in [0.29, 0.717) is 16.7 Å². The van der Waals surface area contributed by atoms with E-state index in [4.69, 9.17) is 5.11 Å². The second-order valence-electron chi connectivity index (χ2n) is 4.40. The summed E-state index contributed by atoms with van der Waals surface area (Å²) in [4.78, 5) is 24.6. The molecule has 0 saturated heterocycles. The molecule has 2 aromatic rings. The van der Waals surface area contributed by atoms with Crippen LogP contribution in [-0.4, -0.2) is 21.8 Å². The van der Waals surface area contributed by atoms with E-state index in [-0.39, 0.29) is 35.0 Å². The van der Waals surface area contributed by atoms with Gasteiger partial charge in [-0.1, -0.05) is 24.3 Å². The molecule has 0 spiro atoms. The number of carbonyl (C=O) groups excluding carboxylic acids is 2. The van der Waals surface area contributed by atoms with Gasteiger partial charge in [-0.25, -0.2) is 0 Å². The summed E-state index contributed by atoms with van der Waals surface area (Å²) in [5.74, 6) is -0.947. The minimum atomic E-state index is -0.368. The van der Waals surface area contributed by atoms with Crippen LogP contribution in [-0.2, 0) is 6.61 Å². The Labute approximate surface area is 108 Å². The molecule has 0 unspecified atom stereocenters. The molecule has 0 atom stereocenters. The quantitative estimate of drug-likeness (QED) is 0.692. The summed E-state index contributed by atoms with van der Waals surface area (Å²) in [7, 11) is 0. The largest absolute Gasteiger partial charge is 0.507 e. The van der Waals surface area contributed by atoms with Gasteiger partial charge in [-0.2, -0.15) is 0 Å². The van der Waals surface area contributed by atoms with E-state index in [1.807, 2.05) is 0 Å². The Morgan fingerprint density at radius 3 is 2.16 bits per heavy atom. The van der Waals surface area contributed by atoms with Crippen LogP contribution in [0.25, 0.3) is 0 Å². The van der Waals surface area contributed by atoms with E-state index < -0.39 is 0 Å². The lowest BCUT2D eigenvalue weighted by Crippen LogP contribution is -2.21. The highest BCUT2D eigenvalue weighted by molar-refractivity contribution is 6.29. The van der Waals surface area contributed by atoms with Gasteiger partial charge >= 0.3 is 0 Å². The first-order valence-corrected chi connectivity index (χ1v) is 5.78. The lowest BCUT2D eigenvalue weighted by Gasteiger charge is -2.18. The number of benzene rings is 2. The number of hydrogen-bond donors (Lipinski definition) is 2. The van der Waals surface area contributed by atoms with Gasteiger partial charge < -0.3 is 10.2 Å². The number of carbonyl (C=O) groups is 2. The van der Waals surface area contributed by atoms with E-state index in [0.717, 1.165) is 0 Å². The summed E-state index contributed by atoms with van der Waals surface area (Å²) in [6.07, 6.45) is 0. The first kappa shape index (κ1) is 11.6. The normalized spacial score (nSPS) is 13.1. The van der Waals surface area contributed by atoms with Crippen molar-refractivity contribution < 1.29 is 19.8 Å². The maximum Gasteiger partial charge on any atom is 0.198 e. The molecular weight excluding hydrogens is 244 g/mol. The third-order valence-corrected chi connectivity index (χ3v) is 3.25. The van der Waals surface area contributed by atoms with Crippen molar-refractivity contribution in [2.75, 3.05) is 0 Å². The zero-order valence-electron chi connectivity index (χ0n) is 9.88. The molecule has 1 aliphatic rings. The smallest absolute Gasteiger partial charge is 0.198 e. The van der Waals surface area contributed by atoms with Gasteiger partial charge in [0.2, 0.25) is 0 Å². The standard InChI is InChI=1S/C15H10O4/c16-7-8-5-11-13(12(17)6-8)15(19)10-4-2-1-3-9(10)14(11)18/h1-6,16-17H,7H2. The van der Waals surface area contributed by atoms with Crippen molar-refractivity contribution in [2.24, 2.45) is 0 Å². The fraction of sp³-hybridized carbons (Fsp3) is 0.0667. The second kappa shape index (κ2) is 4.03. The number of aliphatic hydroxyl groups is 1. The van der Waals surface area contributed by atoms with Crippen LogP contribution in [0.15, 0.2) is 36.4 Å². The van der Waals surface area contributed by atoms with E-state index in [2.05, 4.69) is 0 Å². The van der Waals surface area contributed by atoms with Gasteiger partial charge in [-0.3, -0.25) is 9.59 Å². The fourth-order valence-electron chi connectivity index (χ4n) is 2.35. The molecule has 1 aliphatic carbocycles. The van der Waals surface area contributed by atoms with Gasteiger partial charge in [-0.05, 0) is 17.7 Å². The number of fused-ring (bicyclic) bond motifs is 2. The molecular formula is C15H10O4. The summed E-state index contributed by atoms with van der Waals surface area (Å²) in [6.45, 7) is -0.302. The SMILES string of the molecule is O=C1c2ccccc2C(=O)c2c(O)cc(CO)cc21. The maximum absolute atomic E-state index is 12.3. The van der Waals surface area contributed by atoms with Gasteiger partial charge in [0.05, 0.1) is 12.2 Å². The van der Waals surface area contributed by atoms with Crippen molar-refractivity contribution in [1.82, 2.24) is 0 Å². The average Bonchev–Trinajstić information content (AvgIpc) is 2.44. The molecule has 0 radical (unpaired) electrons. The van der Waals surface area contributed by atoms with Gasteiger partial charge in [0, 0.05) is 16.7 Å². The predicted octanol–water partition coefficient (Wildman–Crippen LogP) is 1.66. The van der Waals surface area contributed by atoms with Crippen molar-refractivity contribution >= 4 is 11.6 Å². The molecule has 2 N–H and O–H groups in total. The number of aliphatic hydroxyl groups excluding tert-OH is 1. The van der Waals surface area contributed by atoms with Crippen molar-refractivity contribution in [3.63, 3.8) is 0 Å². The average molecular weight is 254 g/mol. The summed E-state index contributed by atoms with van der Waals surface area (Å²) in [5, 5.41) is 19.0. The van der Waals surface area contributed by atoms with Gasteiger partial charge in [0.15, 0.2) is 11.6 Å². The van der Waals surface area contributed by atoms with Crippen molar-refractivity contribution in [2.45, 2.75) is 6.61 Å². The molecule has 0 amide bonds. The van der Waals surface area contributed by atoms with E-state index in [1.165, 1.54) is 12.1 Å². The monoisotopic (exact) mass is 254 g/mol. The van der Waals surface area contributed by atoms with Crippen LogP contribution in [0.4, 0.5) is 0 Å². The molecule has 2 aromatic carbocycles. The molecule has 4 heteroatoms. The Bertz CT molecular complexity index is 716. The fourth-order valence-corrected chi connectivity index (χ4v) is 2.35. The number of phenols is 1. The van der Waals surface area contributed by atoms with Crippen LogP contribution in [0.5, 0.6) is 5.75 Å². The number of hydrogen-bond acceptors (Lipinski definition) is 4. The molecule has 0 heterocycles. The number of aromatic hydroxyl groups is 1. The molecule has 0 fully saturated rings. The Kier molecular flexibility index (Phi) is 2.47. The summed E-state index contributed by atoms with van der Waals surface area (Å²) in [6, 6.07) is 9.27. The zero-order chi connectivity index (χ0) is 13.6. The van der Waals surface area contributed by atoms with Crippen molar-refractivity contribution in [3.8, 4) is 5.75 Å². The molecule has 19 heavy (non-hydrogen) atoms. The molecule has 0 aromatic heterocycles. The number of ketones is 2. The molecule has 94 valence electrons. The highest BCUT2D eigenvalue weighted by atomic mass is 16.3. The second-order valence-corrected chi connectivity index (χ2v) is 4.40. The Balaban J connectivity index is 2.33. The Hall–Kier alpha value is -2.46. The first-order valence-electron chi connectivity index (χ1n) is 5.78. The maximum atomic E-state index is 12.3. The summed E-state index contributed by atoms with van der Waals surface area (Å²) < 4.78 is 0. The predicted molar refractivity (Wildman–Crippen MR) is 67.3 cm³/mol. The highest BCUT2D eigenvalue weighted by Gasteiger charge is 2.31. The van der Waals surface area contributed by atoms with Crippen LogP contribution in [0.1, 0.15) is 37.4 Å². The zero-order valence-corrected chi connectivity index (χ0v) is 9.88. The molecule has 0 bridgehead atoms. The summed E-state index contributed by atoms with van der Waals surface area (Å²) in [5.41, 5.74) is 1.19. The molecule has 3 rings (SSSR count). The lowest BCUT2D eigenvalue weighted by molar-refractivity contribution is 0.0976. The Morgan fingerprint density at radius 2 is 1.53 bits per heavy atom. The van der Waals surface area contributed by atoms with Crippen LogP contribution in [0, 0.1) is 0 Å². The lowest BCUT2D eigenvalue weighted by atomic mass is 9.83. The van der Waals surface area contributed by atoms with Crippen LogP contribution >= 0.6 is 0 Å². The topological polar surface area (TPSA) is 74.6 Å². The minimum absolute atomic E-state index is 0.0147. The number of rotatable bonds is 1. The van der Waals surface area contributed by atoms with Crippen LogP contribution < -0.4 is 0 Å². The molecule has 0 saturated carbocycles. The van der Waals surface area contributed by atoms with Crippen LogP contribution in [0.2, 0.25) is 0 Å². The van der Waals surface area contributed by atoms with E-state index >= 15 is 0 Å². The van der Waals surface area contributed by atoms with Gasteiger partial charge in [0.25, 0.3) is 0 Å². The molecule has 4 nitrogen and oxygen atoms in total. The number of phenolic OH excluding ortho intramolecular Hbond substituents is 1. The van der Waals surface area contributed by atoms with Gasteiger partial charge in [-0.15, -0.1) is 0 Å². The van der Waals surface area contributed by atoms with E-state index in [9.17, 15) is 14.7 Å². The Morgan fingerprint density at radius 1 is 0.895 bits per heavy atom. The highest BCUT2D eigenvalue weighted by Crippen LogP contribution is 2.33. The van der Waals surface area contributed by atoms with Crippen molar-refractivity contribution in [1.29, 1.82) is 0 Å². The summed E-state index contributed by atoms with van der Waals surface area (Å²) >= 11 is 0. The van der Waals surface area contributed by atoms with Gasteiger partial charge in [0.1, 0.15) is 5.75 Å². The third-order valence-electron chi connectivity index (χ3n) is 3.25.